The Labute approximate surface area is 176 Å². The number of fused-ring (bicyclic) bond motifs is 1. The molecule has 7 nitrogen and oxygen atoms in total. The Bertz CT molecular complexity index is 1050. The van der Waals surface area contributed by atoms with Gasteiger partial charge < -0.3 is 10.1 Å². The molecule has 3 aromatic rings. The number of aromatic nitrogens is 4. The van der Waals surface area contributed by atoms with Gasteiger partial charge in [-0.05, 0) is 50.8 Å². The van der Waals surface area contributed by atoms with Crippen molar-refractivity contribution in [1.82, 2.24) is 24.9 Å². The number of hydrogen-bond acceptors (Lipinski definition) is 5. The molecular formula is C23H29N5O2. The first-order valence-electron chi connectivity index (χ1n) is 10.7. The van der Waals surface area contributed by atoms with Crippen LogP contribution in [0, 0.1) is 13.8 Å². The summed E-state index contributed by atoms with van der Waals surface area (Å²) in [5.74, 6) is 2.06. The third-order valence-corrected chi connectivity index (χ3v) is 5.95. The first kappa shape index (κ1) is 20.3. The van der Waals surface area contributed by atoms with Gasteiger partial charge in [-0.25, -0.2) is 9.50 Å². The van der Waals surface area contributed by atoms with Gasteiger partial charge in [-0.1, -0.05) is 31.4 Å². The molecule has 2 heterocycles. The van der Waals surface area contributed by atoms with Crippen molar-refractivity contribution >= 4 is 11.7 Å². The van der Waals surface area contributed by atoms with Crippen LogP contribution in [0.15, 0.2) is 24.3 Å². The summed E-state index contributed by atoms with van der Waals surface area (Å²) in [6, 6.07) is 8.02. The van der Waals surface area contributed by atoms with E-state index in [1.807, 2.05) is 38.1 Å². The van der Waals surface area contributed by atoms with Gasteiger partial charge in [-0.3, -0.25) is 4.79 Å². The number of amides is 1. The van der Waals surface area contributed by atoms with E-state index in [1.54, 1.807) is 11.6 Å². The number of benzene rings is 1. The highest BCUT2D eigenvalue weighted by Gasteiger charge is 2.18. The van der Waals surface area contributed by atoms with Gasteiger partial charge in [0, 0.05) is 29.4 Å². The van der Waals surface area contributed by atoms with Crippen LogP contribution in [-0.4, -0.2) is 38.6 Å². The van der Waals surface area contributed by atoms with Gasteiger partial charge in [0.25, 0.3) is 5.78 Å². The number of rotatable bonds is 6. The van der Waals surface area contributed by atoms with E-state index in [9.17, 15) is 4.79 Å². The predicted molar refractivity (Wildman–Crippen MR) is 116 cm³/mol. The van der Waals surface area contributed by atoms with Crippen molar-refractivity contribution < 1.29 is 9.53 Å². The summed E-state index contributed by atoms with van der Waals surface area (Å²) in [7, 11) is 1.64. The average molecular weight is 408 g/mol. The first-order valence-corrected chi connectivity index (χ1v) is 10.7. The molecule has 0 spiro atoms. The summed E-state index contributed by atoms with van der Waals surface area (Å²) < 4.78 is 7.08. The van der Waals surface area contributed by atoms with Crippen LogP contribution >= 0.6 is 0 Å². The van der Waals surface area contributed by atoms with E-state index in [4.69, 9.17) is 4.74 Å². The maximum atomic E-state index is 12.4. The van der Waals surface area contributed by atoms with Gasteiger partial charge in [0.1, 0.15) is 5.75 Å². The Balaban J connectivity index is 1.53. The smallest absolute Gasteiger partial charge is 0.253 e. The molecule has 1 aliphatic rings. The molecule has 0 atom stereocenters. The first-order chi connectivity index (χ1) is 14.5. The molecule has 1 amide bonds. The molecule has 2 aromatic heterocycles. The Morgan fingerprint density at radius 3 is 2.77 bits per heavy atom. The van der Waals surface area contributed by atoms with Crippen molar-refractivity contribution in [2.45, 2.75) is 64.8 Å². The molecular weight excluding hydrogens is 378 g/mol. The zero-order valence-electron chi connectivity index (χ0n) is 17.9. The molecule has 0 saturated heterocycles. The largest absolute Gasteiger partial charge is 0.497 e. The normalized spacial score (nSPS) is 14.8. The fourth-order valence-corrected chi connectivity index (χ4v) is 4.24. The van der Waals surface area contributed by atoms with E-state index in [0.29, 0.717) is 30.5 Å². The standard InChI is InChI=1S/C23H29N5O2/c1-15-20(12-13-21(29)25-18-9-5-4-6-10-18)16(2)28-23(24-15)26-22(27-28)17-8-7-11-19(14-17)30-3/h7-8,11,14,18H,4-6,9-10,12-13H2,1-3H3,(H,25,29). The molecule has 0 radical (unpaired) electrons. The maximum Gasteiger partial charge on any atom is 0.253 e. The third-order valence-electron chi connectivity index (χ3n) is 5.95. The van der Waals surface area contributed by atoms with Gasteiger partial charge >= 0.3 is 0 Å². The van der Waals surface area contributed by atoms with Crippen molar-refractivity contribution in [3.8, 4) is 17.1 Å². The molecule has 0 unspecified atom stereocenters. The summed E-state index contributed by atoms with van der Waals surface area (Å²) in [5, 5.41) is 7.86. The second-order valence-electron chi connectivity index (χ2n) is 8.04. The molecule has 30 heavy (non-hydrogen) atoms. The van der Waals surface area contributed by atoms with Gasteiger partial charge in [-0.2, -0.15) is 4.98 Å². The predicted octanol–water partition coefficient (Wildman–Crippen LogP) is 3.80. The molecule has 7 heteroatoms. The second kappa shape index (κ2) is 8.81. The van der Waals surface area contributed by atoms with Crippen LogP contribution in [0.2, 0.25) is 0 Å². The van der Waals surface area contributed by atoms with Crippen molar-refractivity contribution in [3.63, 3.8) is 0 Å². The molecule has 1 fully saturated rings. The second-order valence-corrected chi connectivity index (χ2v) is 8.04. The van der Waals surface area contributed by atoms with Crippen molar-refractivity contribution in [1.29, 1.82) is 0 Å². The summed E-state index contributed by atoms with van der Waals surface area (Å²) in [6.45, 7) is 3.99. The van der Waals surface area contributed by atoms with Gasteiger partial charge in [0.2, 0.25) is 5.91 Å². The van der Waals surface area contributed by atoms with E-state index in [2.05, 4.69) is 20.4 Å². The van der Waals surface area contributed by atoms with Crippen molar-refractivity contribution in [2.24, 2.45) is 0 Å². The number of ether oxygens (including phenoxy) is 1. The SMILES string of the molecule is COc1cccc(-c2nc3nc(C)c(CCC(=O)NC4CCCCC4)c(C)n3n2)c1. The lowest BCUT2D eigenvalue weighted by molar-refractivity contribution is -0.121. The number of methoxy groups -OCH3 is 1. The average Bonchev–Trinajstić information content (AvgIpc) is 3.18. The number of nitrogens with one attached hydrogen (secondary N) is 1. The molecule has 1 aliphatic carbocycles. The number of nitrogens with zero attached hydrogens (tertiary/aromatic N) is 4. The van der Waals surface area contributed by atoms with Crippen LogP contribution in [0.4, 0.5) is 0 Å². The molecule has 1 aromatic carbocycles. The molecule has 4 rings (SSSR count). The lowest BCUT2D eigenvalue weighted by atomic mass is 9.95. The minimum Gasteiger partial charge on any atom is -0.497 e. The van der Waals surface area contributed by atoms with Crippen LogP contribution in [0.3, 0.4) is 0 Å². The number of aryl methyl sites for hydroxylation is 2. The van der Waals surface area contributed by atoms with E-state index in [1.165, 1.54) is 19.3 Å². The van der Waals surface area contributed by atoms with E-state index < -0.39 is 0 Å². The molecule has 0 bridgehead atoms. The fourth-order valence-electron chi connectivity index (χ4n) is 4.24. The lowest BCUT2D eigenvalue weighted by Gasteiger charge is -2.22. The summed E-state index contributed by atoms with van der Waals surface area (Å²) in [5.41, 5.74) is 3.81. The quantitative estimate of drug-likeness (QED) is 0.672. The van der Waals surface area contributed by atoms with E-state index in [0.717, 1.165) is 41.1 Å². The molecule has 158 valence electrons. The summed E-state index contributed by atoms with van der Waals surface area (Å²) in [4.78, 5) is 21.7. The number of carbonyl (C=O) groups is 1. The maximum absolute atomic E-state index is 12.4. The van der Waals surface area contributed by atoms with E-state index in [-0.39, 0.29) is 5.91 Å². The highest BCUT2D eigenvalue weighted by atomic mass is 16.5. The monoisotopic (exact) mass is 407 g/mol. The van der Waals surface area contributed by atoms with Crippen LogP contribution in [-0.2, 0) is 11.2 Å². The van der Waals surface area contributed by atoms with Crippen molar-refractivity contribution in [2.75, 3.05) is 7.11 Å². The highest BCUT2D eigenvalue weighted by molar-refractivity contribution is 5.76. The molecule has 0 aliphatic heterocycles. The van der Waals surface area contributed by atoms with Crippen LogP contribution in [0.5, 0.6) is 5.75 Å². The zero-order chi connectivity index (χ0) is 21.1. The number of hydrogen-bond donors (Lipinski definition) is 1. The molecule has 1 N–H and O–H groups in total. The third kappa shape index (κ3) is 4.30. The summed E-state index contributed by atoms with van der Waals surface area (Å²) >= 11 is 0. The van der Waals surface area contributed by atoms with Crippen molar-refractivity contribution in [3.05, 3.63) is 41.2 Å². The highest BCUT2D eigenvalue weighted by Crippen LogP contribution is 2.23. The minimum absolute atomic E-state index is 0.122. The summed E-state index contributed by atoms with van der Waals surface area (Å²) in [6.07, 6.45) is 7.02. The van der Waals surface area contributed by atoms with Crippen LogP contribution in [0.25, 0.3) is 17.2 Å². The Morgan fingerprint density at radius 1 is 1.20 bits per heavy atom. The number of carbonyl (C=O) groups excluding carboxylic acids is 1. The van der Waals surface area contributed by atoms with Crippen LogP contribution < -0.4 is 10.1 Å². The Morgan fingerprint density at radius 2 is 2.00 bits per heavy atom. The lowest BCUT2D eigenvalue weighted by Crippen LogP contribution is -2.36. The van der Waals surface area contributed by atoms with E-state index >= 15 is 0 Å². The Kier molecular flexibility index (Phi) is 5.97. The van der Waals surface area contributed by atoms with Gasteiger partial charge in [0.15, 0.2) is 5.82 Å². The van der Waals surface area contributed by atoms with Crippen LogP contribution in [0.1, 0.15) is 55.5 Å². The van der Waals surface area contributed by atoms with Gasteiger partial charge in [0.05, 0.1) is 7.11 Å². The zero-order valence-corrected chi connectivity index (χ0v) is 17.9. The van der Waals surface area contributed by atoms with Gasteiger partial charge in [-0.15, -0.1) is 5.10 Å². The minimum atomic E-state index is 0.122. The topological polar surface area (TPSA) is 81.4 Å². The Hall–Kier alpha value is -2.96. The fraction of sp³-hybridized carbons (Fsp3) is 0.478. The molecule has 1 saturated carbocycles.